The summed E-state index contributed by atoms with van der Waals surface area (Å²) in [6, 6.07) is 15.6. The summed E-state index contributed by atoms with van der Waals surface area (Å²) in [5.41, 5.74) is 0.207. The van der Waals surface area contributed by atoms with Gasteiger partial charge in [0.15, 0.2) is 12.3 Å². The topological polar surface area (TPSA) is 85.9 Å². The largest absolute Gasteiger partial charge is 0.484 e. The van der Waals surface area contributed by atoms with Crippen molar-refractivity contribution in [3.63, 3.8) is 0 Å². The molecule has 132 valence electrons. The molecule has 0 aliphatic carbocycles. The van der Waals surface area contributed by atoms with E-state index in [1.54, 1.807) is 55.5 Å². The normalized spacial score (nSPS) is 19.0. The van der Waals surface area contributed by atoms with Crippen molar-refractivity contribution in [2.75, 3.05) is 6.61 Å². The maximum atomic E-state index is 12.6. The Morgan fingerprint density at radius 1 is 1.31 bits per heavy atom. The molecule has 2 aromatic rings. The molecule has 0 bridgehead atoms. The van der Waals surface area contributed by atoms with E-state index in [2.05, 4.69) is 21.0 Å². The zero-order valence-electron chi connectivity index (χ0n) is 14.0. The number of nitriles is 1. The molecule has 26 heavy (non-hydrogen) atoms. The van der Waals surface area contributed by atoms with Crippen LogP contribution in [0.1, 0.15) is 24.5 Å². The standard InChI is InChI=1S/C19H16BrN3O3/c1-13-10-19(25,15-4-6-16(20)7-5-15)23(22-13)18(24)12-26-17-8-2-14(11-21)3-9-17/h2-9,25H,10,12H2,1H3/t19-/m0/s1. The van der Waals surface area contributed by atoms with Crippen molar-refractivity contribution in [1.82, 2.24) is 5.01 Å². The minimum Gasteiger partial charge on any atom is -0.484 e. The van der Waals surface area contributed by atoms with Crippen LogP contribution in [0.2, 0.25) is 0 Å². The first-order chi connectivity index (χ1) is 12.4. The summed E-state index contributed by atoms with van der Waals surface area (Å²) in [4.78, 5) is 12.6. The fraction of sp³-hybridized carbons (Fsp3) is 0.211. The van der Waals surface area contributed by atoms with Gasteiger partial charge in [-0.2, -0.15) is 15.4 Å². The third-order valence-electron chi connectivity index (χ3n) is 4.01. The van der Waals surface area contributed by atoms with Crippen LogP contribution in [0.25, 0.3) is 0 Å². The van der Waals surface area contributed by atoms with Gasteiger partial charge in [-0.15, -0.1) is 0 Å². The van der Waals surface area contributed by atoms with Crippen LogP contribution < -0.4 is 4.74 Å². The second kappa shape index (κ2) is 7.28. The molecule has 0 radical (unpaired) electrons. The summed E-state index contributed by atoms with van der Waals surface area (Å²) >= 11 is 3.36. The van der Waals surface area contributed by atoms with E-state index in [4.69, 9.17) is 10.00 Å². The second-order valence-electron chi connectivity index (χ2n) is 5.97. The Morgan fingerprint density at radius 2 is 1.96 bits per heavy atom. The summed E-state index contributed by atoms with van der Waals surface area (Å²) in [6.45, 7) is 1.49. The molecule has 0 spiro atoms. The van der Waals surface area contributed by atoms with Crippen LogP contribution in [0, 0.1) is 11.3 Å². The Labute approximate surface area is 159 Å². The average Bonchev–Trinajstić information content (AvgIpc) is 2.96. The van der Waals surface area contributed by atoms with Gasteiger partial charge in [-0.25, -0.2) is 0 Å². The summed E-state index contributed by atoms with van der Waals surface area (Å²) < 4.78 is 6.35. The van der Waals surface area contributed by atoms with E-state index in [0.717, 1.165) is 9.48 Å². The highest BCUT2D eigenvalue weighted by Gasteiger charge is 2.44. The van der Waals surface area contributed by atoms with E-state index in [9.17, 15) is 9.90 Å². The van der Waals surface area contributed by atoms with Crippen LogP contribution in [0.5, 0.6) is 5.75 Å². The summed E-state index contributed by atoms with van der Waals surface area (Å²) in [5, 5.41) is 25.2. The van der Waals surface area contributed by atoms with Crippen molar-refractivity contribution in [3.05, 3.63) is 64.1 Å². The smallest absolute Gasteiger partial charge is 0.283 e. The number of benzene rings is 2. The Hall–Kier alpha value is -2.69. The zero-order valence-corrected chi connectivity index (χ0v) is 15.6. The van der Waals surface area contributed by atoms with Crippen molar-refractivity contribution in [2.45, 2.75) is 19.1 Å². The Bertz CT molecular complexity index is 888. The van der Waals surface area contributed by atoms with Gasteiger partial charge in [0.1, 0.15) is 5.75 Å². The molecule has 1 N–H and O–H groups in total. The number of aliphatic hydroxyl groups is 1. The Kier molecular flexibility index (Phi) is 5.07. The summed E-state index contributed by atoms with van der Waals surface area (Å²) in [6.07, 6.45) is 0.233. The first kappa shape index (κ1) is 18.1. The highest BCUT2D eigenvalue weighted by atomic mass is 79.9. The molecule has 1 amide bonds. The van der Waals surface area contributed by atoms with E-state index in [0.29, 0.717) is 22.6 Å². The van der Waals surface area contributed by atoms with Gasteiger partial charge in [-0.3, -0.25) is 4.79 Å². The van der Waals surface area contributed by atoms with E-state index < -0.39 is 11.6 Å². The number of carbonyl (C=O) groups excluding carboxylic acids is 1. The quantitative estimate of drug-likeness (QED) is 0.833. The van der Waals surface area contributed by atoms with Crippen LogP contribution in [0.3, 0.4) is 0 Å². The fourth-order valence-corrected chi connectivity index (χ4v) is 3.02. The minimum atomic E-state index is -1.53. The molecule has 0 aromatic heterocycles. The Morgan fingerprint density at radius 3 is 2.58 bits per heavy atom. The molecule has 0 saturated carbocycles. The molecule has 1 aliphatic rings. The highest BCUT2D eigenvalue weighted by molar-refractivity contribution is 9.10. The van der Waals surface area contributed by atoms with Crippen molar-refractivity contribution >= 4 is 27.5 Å². The number of hydrogen-bond acceptors (Lipinski definition) is 5. The summed E-state index contributed by atoms with van der Waals surface area (Å²) in [7, 11) is 0. The molecule has 1 heterocycles. The Balaban J connectivity index is 1.75. The fourth-order valence-electron chi connectivity index (χ4n) is 2.76. The van der Waals surface area contributed by atoms with Gasteiger partial charge >= 0.3 is 0 Å². The first-order valence-corrected chi connectivity index (χ1v) is 8.70. The zero-order chi connectivity index (χ0) is 18.7. The van der Waals surface area contributed by atoms with Crippen LogP contribution >= 0.6 is 15.9 Å². The third kappa shape index (κ3) is 3.62. The van der Waals surface area contributed by atoms with E-state index >= 15 is 0 Å². The highest BCUT2D eigenvalue weighted by Crippen LogP contribution is 2.35. The number of ether oxygens (including phenoxy) is 1. The average molecular weight is 414 g/mol. The third-order valence-corrected chi connectivity index (χ3v) is 4.54. The molecule has 0 unspecified atom stereocenters. The lowest BCUT2D eigenvalue weighted by Gasteiger charge is -2.31. The van der Waals surface area contributed by atoms with E-state index in [1.165, 1.54) is 0 Å². The summed E-state index contributed by atoms with van der Waals surface area (Å²) in [5.74, 6) is 0.000980. The number of amides is 1. The molecule has 1 atom stereocenters. The lowest BCUT2D eigenvalue weighted by Crippen LogP contribution is -2.45. The number of nitrogens with zero attached hydrogens (tertiary/aromatic N) is 3. The van der Waals surface area contributed by atoms with Crippen LogP contribution in [0.15, 0.2) is 58.1 Å². The number of hydrogen-bond donors (Lipinski definition) is 1. The minimum absolute atomic E-state index is 0.233. The van der Waals surface area contributed by atoms with Crippen molar-refractivity contribution < 1.29 is 14.6 Å². The molecule has 7 heteroatoms. The molecular weight excluding hydrogens is 398 g/mol. The number of rotatable bonds is 4. The van der Waals surface area contributed by atoms with Crippen LogP contribution in [-0.4, -0.2) is 28.3 Å². The van der Waals surface area contributed by atoms with E-state index in [-0.39, 0.29) is 13.0 Å². The van der Waals surface area contributed by atoms with Crippen molar-refractivity contribution in [3.8, 4) is 11.8 Å². The monoisotopic (exact) mass is 413 g/mol. The lowest BCUT2D eigenvalue weighted by atomic mass is 9.98. The maximum Gasteiger partial charge on any atom is 0.283 e. The van der Waals surface area contributed by atoms with Gasteiger partial charge in [0.25, 0.3) is 5.91 Å². The SMILES string of the molecule is CC1=NN(C(=O)COc2ccc(C#N)cc2)[C@@](O)(c2ccc(Br)cc2)C1. The molecule has 0 fully saturated rings. The van der Waals surface area contributed by atoms with Gasteiger partial charge in [0.2, 0.25) is 0 Å². The van der Waals surface area contributed by atoms with Gasteiger partial charge in [0, 0.05) is 22.2 Å². The van der Waals surface area contributed by atoms with Crippen molar-refractivity contribution in [1.29, 1.82) is 5.26 Å². The van der Waals surface area contributed by atoms with Gasteiger partial charge < -0.3 is 9.84 Å². The van der Waals surface area contributed by atoms with Gasteiger partial charge in [-0.05, 0) is 43.3 Å². The molecule has 0 saturated heterocycles. The lowest BCUT2D eigenvalue weighted by molar-refractivity contribution is -0.159. The molecule has 1 aliphatic heterocycles. The van der Waals surface area contributed by atoms with Gasteiger partial charge in [0.05, 0.1) is 11.6 Å². The second-order valence-corrected chi connectivity index (χ2v) is 6.88. The molecule has 6 nitrogen and oxygen atoms in total. The van der Waals surface area contributed by atoms with Crippen LogP contribution in [0.4, 0.5) is 0 Å². The van der Waals surface area contributed by atoms with Gasteiger partial charge in [-0.1, -0.05) is 28.1 Å². The predicted molar refractivity (Wildman–Crippen MR) is 99.3 cm³/mol. The maximum absolute atomic E-state index is 12.6. The van der Waals surface area contributed by atoms with E-state index in [1.807, 2.05) is 6.07 Å². The molecular formula is C19H16BrN3O3. The van der Waals surface area contributed by atoms with Crippen molar-refractivity contribution in [2.24, 2.45) is 5.10 Å². The van der Waals surface area contributed by atoms with Crippen LogP contribution in [-0.2, 0) is 10.5 Å². The first-order valence-electron chi connectivity index (χ1n) is 7.91. The number of carbonyl (C=O) groups is 1. The number of halogens is 1. The molecule has 2 aromatic carbocycles. The molecule has 3 rings (SSSR count). The number of hydrazone groups is 1. The predicted octanol–water partition coefficient (Wildman–Crippen LogP) is 3.15.